The zero-order valence-corrected chi connectivity index (χ0v) is 76.5. The van der Waals surface area contributed by atoms with Gasteiger partial charge in [0.25, 0.3) is 0 Å². The molecule has 21 aromatic carbocycles. The van der Waals surface area contributed by atoms with Crippen LogP contribution in [0.1, 0.15) is 27.8 Å². The molecule has 0 spiro atoms. The minimum atomic E-state index is 0.579. The molecule has 6 heterocycles. The molecule has 0 saturated carbocycles. The fourth-order valence-corrected chi connectivity index (χ4v) is 22.0. The van der Waals surface area contributed by atoms with Crippen LogP contribution in [0.2, 0.25) is 0 Å². The molecule has 0 bridgehead atoms. The van der Waals surface area contributed by atoms with Gasteiger partial charge in [0.1, 0.15) is 12.1 Å². The van der Waals surface area contributed by atoms with Crippen molar-refractivity contribution in [3.05, 3.63) is 507 Å². The number of fused-ring (bicyclic) bond motifs is 18. The van der Waals surface area contributed by atoms with Crippen LogP contribution >= 0.6 is 0 Å². The Labute approximate surface area is 817 Å². The summed E-state index contributed by atoms with van der Waals surface area (Å²) in [6.45, 7) is 0. The highest BCUT2D eigenvalue weighted by atomic mass is 15.0. The van der Waals surface area contributed by atoms with Crippen LogP contribution in [-0.2, 0) is 0 Å². The Bertz CT molecular complexity index is 10100. The fraction of sp³-hybridized carbons (Fsp3) is 0. The van der Waals surface area contributed by atoms with Gasteiger partial charge >= 0.3 is 0 Å². The summed E-state index contributed by atoms with van der Waals surface area (Å²) in [7, 11) is 0. The molecule has 0 radical (unpaired) electrons. The monoisotopic (exact) mass is 1810 g/mol. The van der Waals surface area contributed by atoms with Gasteiger partial charge in [-0.3, -0.25) is 0 Å². The Morgan fingerprint density at radius 3 is 0.894 bits per heavy atom. The largest absolute Gasteiger partial charge is 0.309 e. The van der Waals surface area contributed by atoms with Crippen LogP contribution in [0.3, 0.4) is 0 Å². The van der Waals surface area contributed by atoms with Crippen LogP contribution in [0.25, 0.3) is 232 Å². The van der Waals surface area contributed by atoms with Crippen LogP contribution in [-0.4, -0.2) is 27.4 Å². The van der Waals surface area contributed by atoms with Gasteiger partial charge < -0.3 is 27.4 Å². The maximum absolute atomic E-state index is 10.0. The lowest BCUT2D eigenvalue weighted by Gasteiger charge is -2.16. The van der Waals surface area contributed by atoms with Gasteiger partial charge in [-0.25, -0.2) is 0 Å². The lowest BCUT2D eigenvalue weighted by Crippen LogP contribution is -1.97. The molecule has 11 heteroatoms. The van der Waals surface area contributed by atoms with Crippen molar-refractivity contribution in [1.82, 2.24) is 27.4 Å². The first-order chi connectivity index (χ1) is 70.3. The molecular weight excluding hydrogens is 1730 g/mol. The second-order valence-corrected chi connectivity index (χ2v) is 35.6. The van der Waals surface area contributed by atoms with Crippen molar-refractivity contribution >= 4 is 131 Å². The lowest BCUT2D eigenvalue weighted by molar-refractivity contribution is 1.17. The van der Waals surface area contributed by atoms with Crippen molar-refractivity contribution in [2.24, 2.45) is 0 Å². The van der Waals surface area contributed by atoms with E-state index >= 15 is 0 Å². The summed E-state index contributed by atoms with van der Waals surface area (Å²) in [5.41, 5.74) is 36.0. The number of hydrogen-bond acceptors (Lipinski definition) is 5. The van der Waals surface area contributed by atoms with E-state index in [9.17, 15) is 26.3 Å². The summed E-state index contributed by atoms with van der Waals surface area (Å²) >= 11 is 0. The number of para-hydroxylation sites is 12. The molecule has 11 nitrogen and oxygen atoms in total. The van der Waals surface area contributed by atoms with Gasteiger partial charge in [-0.1, -0.05) is 315 Å². The normalized spacial score (nSPS) is 11.3. The molecule has 0 amide bonds. The van der Waals surface area contributed by atoms with Crippen LogP contribution in [0.5, 0.6) is 0 Å². The summed E-state index contributed by atoms with van der Waals surface area (Å²) in [6, 6.07) is 178. The predicted molar refractivity (Wildman–Crippen MR) is 582 cm³/mol. The van der Waals surface area contributed by atoms with Crippen molar-refractivity contribution in [1.29, 1.82) is 26.3 Å². The zero-order valence-electron chi connectivity index (χ0n) is 76.5. The third-order valence-corrected chi connectivity index (χ3v) is 28.0. The lowest BCUT2D eigenvalue weighted by atomic mass is 9.91. The third-order valence-electron chi connectivity index (χ3n) is 28.0. The fourth-order valence-electron chi connectivity index (χ4n) is 22.0. The molecule has 0 aliphatic carbocycles. The molecule has 0 N–H and O–H groups in total. The smallest absolute Gasteiger partial charge is 0.101 e. The number of hydrogen-bond donors (Lipinski definition) is 0. The van der Waals surface area contributed by atoms with Crippen molar-refractivity contribution in [3.8, 4) is 131 Å². The molecule has 27 aromatic rings. The van der Waals surface area contributed by atoms with E-state index in [-0.39, 0.29) is 0 Å². The maximum Gasteiger partial charge on any atom is 0.101 e. The molecule has 6 aromatic heterocycles. The molecule has 0 saturated heterocycles. The quantitative estimate of drug-likeness (QED) is 0.119. The number of nitriles is 5. The van der Waals surface area contributed by atoms with E-state index in [1.165, 1.54) is 98.7 Å². The van der Waals surface area contributed by atoms with E-state index in [2.05, 4.69) is 428 Å². The molecule has 0 aliphatic heterocycles. The van der Waals surface area contributed by atoms with E-state index in [0.717, 1.165) is 133 Å². The first-order valence-corrected chi connectivity index (χ1v) is 47.3. The van der Waals surface area contributed by atoms with E-state index < -0.39 is 0 Å². The van der Waals surface area contributed by atoms with Gasteiger partial charge in [0, 0.05) is 104 Å². The Balaban J connectivity index is 0.000000112. The van der Waals surface area contributed by atoms with Crippen LogP contribution in [0.4, 0.5) is 0 Å². The van der Waals surface area contributed by atoms with E-state index in [1.54, 1.807) is 0 Å². The molecule has 0 fully saturated rings. The van der Waals surface area contributed by atoms with Crippen LogP contribution in [0, 0.1) is 56.7 Å². The van der Waals surface area contributed by atoms with Crippen molar-refractivity contribution in [3.63, 3.8) is 0 Å². The average molecular weight is 1810 g/mol. The Kier molecular flexibility index (Phi) is 20.6. The minimum Gasteiger partial charge on any atom is -0.309 e. The van der Waals surface area contributed by atoms with Crippen LogP contribution in [0.15, 0.2) is 479 Å². The van der Waals surface area contributed by atoms with Crippen LogP contribution < -0.4 is 0 Å². The third kappa shape index (κ3) is 13.7. The molecule has 0 unspecified atom stereocenters. The van der Waals surface area contributed by atoms with E-state index in [0.29, 0.717) is 27.8 Å². The van der Waals surface area contributed by atoms with Crippen molar-refractivity contribution < 1.29 is 0 Å². The predicted octanol–water partition coefficient (Wildman–Crippen LogP) is 33.0. The Morgan fingerprint density at radius 2 is 0.437 bits per heavy atom. The van der Waals surface area contributed by atoms with Gasteiger partial charge in [-0.05, 0) is 214 Å². The highest BCUT2D eigenvalue weighted by Crippen LogP contribution is 2.51. The van der Waals surface area contributed by atoms with E-state index in [1.807, 2.05) is 109 Å². The molecule has 27 rings (SSSR count). The summed E-state index contributed by atoms with van der Waals surface area (Å²) in [5, 5.41) is 62.9. The second-order valence-electron chi connectivity index (χ2n) is 35.6. The number of rotatable bonds is 12. The summed E-state index contributed by atoms with van der Waals surface area (Å²) < 4.78 is 13.8. The number of nitrogens with zero attached hydrogens (tertiary/aromatic N) is 11. The SMILES string of the molecule is N#Cc1ccc(-n2c3ccccc3c3cccc(-c4ccccc4-c4ccc5c(c4)c4cc(C#N)ccc4n5-c4ccccc4C#N)c32)cc1.N#Cc1cccc(-n2c3ccccc3c3c(-c4ccccc4-c4cccc5c6ccccc6n(-c6ccccc6)c45)cccc32)c1.N#Cc1ccccc1-n1c2ccccc2c2c(-c3ccccc3-c3cccc4c5ccccc5n(-c5ccccc5)c34)cccc21. The molecule has 658 valence electrons. The topological polar surface area (TPSA) is 149 Å². The van der Waals surface area contributed by atoms with Crippen molar-refractivity contribution in [2.75, 3.05) is 0 Å². The molecular formula is C131H79N11. The summed E-state index contributed by atoms with van der Waals surface area (Å²) in [6.07, 6.45) is 0. The number of aromatic nitrogens is 6. The van der Waals surface area contributed by atoms with Gasteiger partial charge in [-0.2, -0.15) is 26.3 Å². The highest BCUT2D eigenvalue weighted by Gasteiger charge is 2.28. The molecule has 142 heavy (non-hydrogen) atoms. The van der Waals surface area contributed by atoms with E-state index in [4.69, 9.17) is 0 Å². The Morgan fingerprint density at radius 1 is 0.148 bits per heavy atom. The average Bonchev–Trinajstić information content (AvgIpc) is 1.53. The second kappa shape index (κ2) is 35.0. The first kappa shape index (κ1) is 83.7. The standard InChI is InChI=1S/C45H25N5.2C43H27N3/c46-26-29-16-20-33(21-17-29)49-42-15-6-4-11-36(42)38-13-7-12-37(45(38)49)35-10-3-2-9-34(35)31-19-23-44-40(25-31)39-24-30(27-47)18-22-43(39)50(44)41-14-5-1-8-32(41)28-48;44-28-29-14-4-9-24-38(29)46-40-26-11-8-20-37(40)42-34(21-13-27-41(42)46)31-17-5-6-18-32(31)35-22-12-23-36-33-19-7-10-25-39(33)45(43(35)36)30-15-2-1-3-16-30;44-28-29-13-10-16-31(27-29)45-40-25-9-7-20-38(40)42-35(21-12-26-41(42)45)32-17-4-5-18-33(32)36-22-11-23-37-34-19-6-8-24-39(34)46(43(36)37)30-14-2-1-3-15-30/h1-25H;2*1-27H. The molecule has 0 atom stereocenters. The summed E-state index contributed by atoms with van der Waals surface area (Å²) in [5.74, 6) is 0. The Hall–Kier alpha value is -20.1. The minimum absolute atomic E-state index is 0.579. The van der Waals surface area contributed by atoms with Gasteiger partial charge in [0.2, 0.25) is 0 Å². The molecule has 0 aliphatic rings. The van der Waals surface area contributed by atoms with Gasteiger partial charge in [-0.15, -0.1) is 0 Å². The van der Waals surface area contributed by atoms with Gasteiger partial charge in [0.05, 0.1) is 124 Å². The van der Waals surface area contributed by atoms with Crippen molar-refractivity contribution in [2.45, 2.75) is 0 Å². The van der Waals surface area contributed by atoms with Gasteiger partial charge in [0.15, 0.2) is 0 Å². The summed E-state index contributed by atoms with van der Waals surface area (Å²) in [4.78, 5) is 0. The maximum atomic E-state index is 10.0. The zero-order chi connectivity index (χ0) is 95.0. The highest BCUT2D eigenvalue weighted by molar-refractivity contribution is 6.23. The first-order valence-electron chi connectivity index (χ1n) is 47.3. The number of benzene rings is 21.